The van der Waals surface area contributed by atoms with Gasteiger partial charge in [-0.3, -0.25) is 4.90 Å². The Balaban J connectivity index is 2.07. The van der Waals surface area contributed by atoms with Crippen molar-refractivity contribution in [1.29, 1.82) is 0 Å². The minimum absolute atomic E-state index is 0.209. The molecule has 7 nitrogen and oxygen atoms in total. The van der Waals surface area contributed by atoms with Crippen LogP contribution in [-0.2, 0) is 4.74 Å². The second-order valence-electron chi connectivity index (χ2n) is 7.31. The standard InChI is InChI=1S/C21H22BrN5O2/c1-5-27(20(28)29-21(2,3)4)19-17-16(24-12-25-17)15(18(23)26-19)10-9-13-7-6-8-14(22)11-13/h6-8,11-12H,5H2,1-4H3,(H2,23,26)(H,24,25). The van der Waals surface area contributed by atoms with Crippen molar-refractivity contribution < 1.29 is 9.53 Å². The first-order chi connectivity index (χ1) is 13.7. The van der Waals surface area contributed by atoms with Gasteiger partial charge >= 0.3 is 6.09 Å². The minimum atomic E-state index is -0.629. The Bertz CT molecular complexity index is 1120. The molecule has 0 saturated carbocycles. The number of imidazole rings is 1. The third kappa shape index (κ3) is 4.69. The molecule has 0 aliphatic carbocycles. The van der Waals surface area contributed by atoms with Gasteiger partial charge in [0, 0.05) is 16.6 Å². The van der Waals surface area contributed by atoms with E-state index in [2.05, 4.69) is 42.7 Å². The first kappa shape index (κ1) is 20.7. The Hall–Kier alpha value is -3.05. The number of ether oxygens (including phenoxy) is 1. The van der Waals surface area contributed by atoms with E-state index < -0.39 is 11.7 Å². The molecule has 0 unspecified atom stereocenters. The van der Waals surface area contributed by atoms with E-state index in [0.29, 0.717) is 29.0 Å². The highest BCUT2D eigenvalue weighted by Gasteiger charge is 2.26. The second-order valence-corrected chi connectivity index (χ2v) is 8.22. The molecular weight excluding hydrogens is 434 g/mol. The molecule has 2 heterocycles. The number of H-pyrrole nitrogens is 1. The van der Waals surface area contributed by atoms with Crippen LogP contribution < -0.4 is 10.6 Å². The van der Waals surface area contributed by atoms with Gasteiger partial charge in [0.15, 0.2) is 5.82 Å². The van der Waals surface area contributed by atoms with Crippen molar-refractivity contribution in [2.75, 3.05) is 17.2 Å². The number of amides is 1. The van der Waals surface area contributed by atoms with Gasteiger partial charge in [-0.15, -0.1) is 0 Å². The lowest BCUT2D eigenvalue weighted by atomic mass is 10.1. The Kier molecular flexibility index (Phi) is 5.80. The number of benzene rings is 1. The SMILES string of the molecule is CCN(C(=O)OC(C)(C)C)c1nc(N)c(C#Cc2cccc(Br)c2)c2[nH]cnc12. The number of aromatic amines is 1. The van der Waals surface area contributed by atoms with Crippen LogP contribution in [-0.4, -0.2) is 33.2 Å². The van der Waals surface area contributed by atoms with Crippen LogP contribution in [0.15, 0.2) is 35.1 Å². The summed E-state index contributed by atoms with van der Waals surface area (Å²) in [6, 6.07) is 7.65. The highest BCUT2D eigenvalue weighted by atomic mass is 79.9. The van der Waals surface area contributed by atoms with E-state index in [4.69, 9.17) is 10.5 Å². The number of carbonyl (C=O) groups excluding carboxylic acids is 1. The van der Waals surface area contributed by atoms with Gasteiger partial charge in [0.1, 0.15) is 16.9 Å². The molecule has 0 bridgehead atoms. The van der Waals surface area contributed by atoms with Gasteiger partial charge in [0.05, 0.1) is 17.4 Å². The molecule has 0 aliphatic heterocycles. The molecule has 2 aromatic heterocycles. The third-order valence-corrected chi connectivity index (χ3v) is 4.42. The molecule has 0 atom stereocenters. The van der Waals surface area contributed by atoms with Crippen molar-refractivity contribution in [3.63, 3.8) is 0 Å². The largest absolute Gasteiger partial charge is 0.443 e. The van der Waals surface area contributed by atoms with E-state index in [1.54, 1.807) is 0 Å². The molecule has 1 aromatic carbocycles. The quantitative estimate of drug-likeness (QED) is 0.555. The average Bonchev–Trinajstić information content (AvgIpc) is 3.10. The second kappa shape index (κ2) is 8.13. The van der Waals surface area contributed by atoms with Crippen molar-refractivity contribution in [2.45, 2.75) is 33.3 Å². The first-order valence-corrected chi connectivity index (χ1v) is 9.89. The molecule has 8 heteroatoms. The molecule has 29 heavy (non-hydrogen) atoms. The van der Waals surface area contributed by atoms with Crippen molar-refractivity contribution >= 4 is 44.7 Å². The normalized spacial score (nSPS) is 11.1. The van der Waals surface area contributed by atoms with E-state index in [1.807, 2.05) is 52.0 Å². The van der Waals surface area contributed by atoms with Crippen LogP contribution in [0.1, 0.15) is 38.8 Å². The molecular formula is C21H22BrN5O2. The number of nitrogens with zero attached hydrogens (tertiary/aromatic N) is 3. The van der Waals surface area contributed by atoms with E-state index in [9.17, 15) is 4.79 Å². The number of rotatable bonds is 2. The zero-order valence-corrected chi connectivity index (χ0v) is 18.3. The van der Waals surface area contributed by atoms with Crippen LogP contribution in [0.3, 0.4) is 0 Å². The number of hydrogen-bond acceptors (Lipinski definition) is 5. The highest BCUT2D eigenvalue weighted by molar-refractivity contribution is 9.10. The summed E-state index contributed by atoms with van der Waals surface area (Å²) in [6.45, 7) is 7.62. The fraction of sp³-hybridized carbons (Fsp3) is 0.286. The van der Waals surface area contributed by atoms with Crippen molar-refractivity contribution in [1.82, 2.24) is 15.0 Å². The summed E-state index contributed by atoms with van der Waals surface area (Å²) < 4.78 is 6.43. The van der Waals surface area contributed by atoms with Crippen LogP contribution in [0.2, 0.25) is 0 Å². The number of pyridine rings is 1. The Morgan fingerprint density at radius 1 is 1.34 bits per heavy atom. The van der Waals surface area contributed by atoms with Gasteiger partial charge in [-0.05, 0) is 45.9 Å². The van der Waals surface area contributed by atoms with Crippen LogP contribution in [0.4, 0.5) is 16.4 Å². The lowest BCUT2D eigenvalue weighted by molar-refractivity contribution is 0.0581. The zero-order chi connectivity index (χ0) is 21.2. The molecule has 150 valence electrons. The lowest BCUT2D eigenvalue weighted by Crippen LogP contribution is -2.37. The summed E-state index contributed by atoms with van der Waals surface area (Å²) in [5.41, 5.74) is 8.07. The molecule has 0 fully saturated rings. The predicted molar refractivity (Wildman–Crippen MR) is 118 cm³/mol. The monoisotopic (exact) mass is 455 g/mol. The number of halogens is 1. The molecule has 0 spiro atoms. The average molecular weight is 456 g/mol. The summed E-state index contributed by atoms with van der Waals surface area (Å²) in [6.07, 6.45) is 1.02. The minimum Gasteiger partial charge on any atom is -0.443 e. The van der Waals surface area contributed by atoms with Crippen molar-refractivity contribution in [2.24, 2.45) is 0 Å². The third-order valence-electron chi connectivity index (χ3n) is 3.93. The number of nitrogen functional groups attached to an aromatic ring is 1. The number of nitrogens with two attached hydrogens (primary N) is 1. The summed E-state index contributed by atoms with van der Waals surface area (Å²) in [5, 5.41) is 0. The van der Waals surface area contributed by atoms with E-state index in [0.717, 1.165) is 10.0 Å². The molecule has 0 radical (unpaired) electrons. The van der Waals surface area contributed by atoms with Gasteiger partial charge in [-0.2, -0.15) is 0 Å². The summed E-state index contributed by atoms with van der Waals surface area (Å²) in [7, 11) is 0. The topological polar surface area (TPSA) is 97.1 Å². The molecule has 0 aliphatic rings. The number of hydrogen-bond donors (Lipinski definition) is 2. The fourth-order valence-corrected chi connectivity index (χ4v) is 3.10. The number of nitrogens with one attached hydrogen (secondary N) is 1. The smallest absolute Gasteiger partial charge is 0.416 e. The summed E-state index contributed by atoms with van der Waals surface area (Å²) in [5.74, 6) is 6.71. The van der Waals surface area contributed by atoms with Crippen molar-refractivity contribution in [3.8, 4) is 11.8 Å². The van der Waals surface area contributed by atoms with Crippen LogP contribution in [0, 0.1) is 11.8 Å². The Morgan fingerprint density at radius 2 is 2.10 bits per heavy atom. The van der Waals surface area contributed by atoms with E-state index >= 15 is 0 Å². The lowest BCUT2D eigenvalue weighted by Gasteiger charge is -2.26. The molecule has 0 saturated heterocycles. The number of aromatic nitrogens is 3. The number of anilines is 2. The van der Waals surface area contributed by atoms with Gasteiger partial charge < -0.3 is 15.5 Å². The van der Waals surface area contributed by atoms with Gasteiger partial charge in [-0.1, -0.05) is 33.8 Å². The highest BCUT2D eigenvalue weighted by Crippen LogP contribution is 2.29. The van der Waals surface area contributed by atoms with Crippen LogP contribution in [0.5, 0.6) is 0 Å². The van der Waals surface area contributed by atoms with Crippen molar-refractivity contribution in [3.05, 3.63) is 46.2 Å². The maximum atomic E-state index is 12.6. The first-order valence-electron chi connectivity index (χ1n) is 9.10. The Labute approximate surface area is 177 Å². The van der Waals surface area contributed by atoms with Gasteiger partial charge in [0.2, 0.25) is 0 Å². The zero-order valence-electron chi connectivity index (χ0n) is 16.7. The summed E-state index contributed by atoms with van der Waals surface area (Å²) in [4.78, 5) is 25.9. The summed E-state index contributed by atoms with van der Waals surface area (Å²) >= 11 is 3.43. The molecule has 3 N–H and O–H groups in total. The van der Waals surface area contributed by atoms with Crippen LogP contribution >= 0.6 is 15.9 Å². The van der Waals surface area contributed by atoms with Gasteiger partial charge in [0.25, 0.3) is 0 Å². The predicted octanol–water partition coefficient (Wildman–Crippen LogP) is 4.46. The molecule has 1 amide bonds. The van der Waals surface area contributed by atoms with Crippen LogP contribution in [0.25, 0.3) is 11.0 Å². The fourth-order valence-electron chi connectivity index (χ4n) is 2.70. The maximum Gasteiger partial charge on any atom is 0.416 e. The van der Waals surface area contributed by atoms with E-state index in [1.165, 1.54) is 11.2 Å². The number of fused-ring (bicyclic) bond motifs is 1. The van der Waals surface area contributed by atoms with Gasteiger partial charge in [-0.25, -0.2) is 14.8 Å². The maximum absolute atomic E-state index is 12.6. The number of carbonyl (C=O) groups is 1. The molecule has 3 aromatic rings. The Morgan fingerprint density at radius 3 is 2.76 bits per heavy atom. The van der Waals surface area contributed by atoms with E-state index in [-0.39, 0.29) is 5.82 Å². The molecule has 3 rings (SSSR count).